The maximum atomic E-state index is 13.9. The van der Waals surface area contributed by atoms with Crippen LogP contribution in [0.3, 0.4) is 0 Å². The zero-order chi connectivity index (χ0) is 24.8. The number of hydrogen-bond donors (Lipinski definition) is 2. The fraction of sp³-hybridized carbons (Fsp3) is 0.130. The number of amides is 2. The van der Waals surface area contributed by atoms with Crippen molar-refractivity contribution in [1.29, 1.82) is 0 Å². The summed E-state index contributed by atoms with van der Waals surface area (Å²) < 4.78 is 39.3. The average Bonchev–Trinajstić information content (AvgIpc) is 3.35. The van der Waals surface area contributed by atoms with E-state index in [-0.39, 0.29) is 27.0 Å². The number of benzene rings is 3. The fourth-order valence-electron chi connectivity index (χ4n) is 3.55. The van der Waals surface area contributed by atoms with Gasteiger partial charge >= 0.3 is 0 Å². The van der Waals surface area contributed by atoms with E-state index in [0.717, 1.165) is 12.1 Å². The number of halogens is 7. The van der Waals surface area contributed by atoms with Crippen LogP contribution in [0.2, 0.25) is 10.0 Å². The Morgan fingerprint density at radius 3 is 2.21 bits per heavy atom. The number of carbonyl (C=O) groups excluding carboxylic acids is 2. The van der Waals surface area contributed by atoms with Gasteiger partial charge in [-0.2, -0.15) is 0 Å². The smallest absolute Gasteiger partial charge is 0.257 e. The summed E-state index contributed by atoms with van der Waals surface area (Å²) >= 11 is 24.4. The second-order valence-electron chi connectivity index (χ2n) is 7.57. The Hall–Kier alpha value is -2.45. The van der Waals surface area contributed by atoms with Crippen molar-refractivity contribution in [3.8, 4) is 0 Å². The predicted molar refractivity (Wildman–Crippen MR) is 126 cm³/mol. The highest BCUT2D eigenvalue weighted by molar-refractivity contribution is 6.53. The van der Waals surface area contributed by atoms with Crippen molar-refractivity contribution in [2.24, 2.45) is 5.92 Å². The third kappa shape index (κ3) is 4.84. The summed E-state index contributed by atoms with van der Waals surface area (Å²) in [5.74, 6) is -5.36. The molecule has 176 valence electrons. The first-order valence-electron chi connectivity index (χ1n) is 9.68. The van der Waals surface area contributed by atoms with E-state index in [4.69, 9.17) is 46.4 Å². The van der Waals surface area contributed by atoms with Gasteiger partial charge < -0.3 is 10.6 Å². The van der Waals surface area contributed by atoms with E-state index in [9.17, 15) is 22.8 Å². The molecule has 11 heteroatoms. The van der Waals surface area contributed by atoms with E-state index in [2.05, 4.69) is 10.6 Å². The molecule has 4 nitrogen and oxygen atoms in total. The topological polar surface area (TPSA) is 58.2 Å². The van der Waals surface area contributed by atoms with Crippen LogP contribution < -0.4 is 10.6 Å². The number of alkyl halides is 2. The third-order valence-electron chi connectivity index (χ3n) is 5.30. The van der Waals surface area contributed by atoms with Gasteiger partial charge in [-0.05, 0) is 48.0 Å². The average molecular weight is 548 g/mol. The minimum atomic E-state index is -1.48. The van der Waals surface area contributed by atoms with Crippen LogP contribution >= 0.6 is 46.4 Å². The number of hydrogen-bond acceptors (Lipinski definition) is 2. The van der Waals surface area contributed by atoms with Crippen LogP contribution in [0.4, 0.5) is 24.5 Å². The van der Waals surface area contributed by atoms with Gasteiger partial charge in [-0.25, -0.2) is 13.2 Å². The van der Waals surface area contributed by atoms with Crippen molar-refractivity contribution in [2.45, 2.75) is 10.3 Å². The summed E-state index contributed by atoms with van der Waals surface area (Å²) in [5.41, 5.74) is 0.279. The molecule has 4 rings (SSSR count). The maximum absolute atomic E-state index is 13.9. The Balaban J connectivity index is 1.51. The molecular weight excluding hydrogens is 535 g/mol. The summed E-state index contributed by atoms with van der Waals surface area (Å²) in [6.45, 7) is 0. The van der Waals surface area contributed by atoms with Gasteiger partial charge in [0.05, 0.1) is 27.2 Å². The van der Waals surface area contributed by atoms with Crippen LogP contribution in [0.15, 0.2) is 54.6 Å². The van der Waals surface area contributed by atoms with Gasteiger partial charge in [0, 0.05) is 17.7 Å². The van der Waals surface area contributed by atoms with Gasteiger partial charge in [0.15, 0.2) is 0 Å². The molecule has 0 radical (unpaired) electrons. The van der Waals surface area contributed by atoms with Crippen molar-refractivity contribution in [2.75, 3.05) is 10.6 Å². The van der Waals surface area contributed by atoms with E-state index >= 15 is 0 Å². The van der Waals surface area contributed by atoms with Gasteiger partial charge in [-0.15, -0.1) is 23.2 Å². The predicted octanol–water partition coefficient (Wildman–Crippen LogP) is 7.19. The van der Waals surface area contributed by atoms with Crippen LogP contribution in [0.1, 0.15) is 21.8 Å². The molecule has 0 saturated heterocycles. The van der Waals surface area contributed by atoms with Gasteiger partial charge in [0.1, 0.15) is 21.8 Å². The molecule has 3 aromatic rings. The molecular formula is C23H13Cl4F3N2O2. The lowest BCUT2D eigenvalue weighted by molar-refractivity contribution is -0.117. The molecule has 2 amide bonds. The summed E-state index contributed by atoms with van der Waals surface area (Å²) in [6, 6.07) is 10.8. The second kappa shape index (κ2) is 9.30. The maximum Gasteiger partial charge on any atom is 0.257 e. The van der Waals surface area contributed by atoms with E-state index in [0.29, 0.717) is 11.6 Å². The highest BCUT2D eigenvalue weighted by Gasteiger charge is 2.67. The fourth-order valence-corrected chi connectivity index (χ4v) is 4.70. The van der Waals surface area contributed by atoms with Crippen molar-refractivity contribution in [3.05, 3.63) is 93.2 Å². The lowest BCUT2D eigenvalue weighted by atomic mass is 10.1. The van der Waals surface area contributed by atoms with Crippen LogP contribution in [0.5, 0.6) is 0 Å². The Morgan fingerprint density at radius 1 is 0.824 bits per heavy atom. The molecule has 0 heterocycles. The zero-order valence-electron chi connectivity index (χ0n) is 16.8. The lowest BCUT2D eigenvalue weighted by Gasteiger charge is -2.11. The van der Waals surface area contributed by atoms with Crippen LogP contribution in [0, 0.1) is 23.4 Å². The van der Waals surface area contributed by atoms with E-state index in [1.807, 2.05) is 0 Å². The minimum Gasteiger partial charge on any atom is -0.326 e. The normalized spacial score (nSPS) is 18.3. The van der Waals surface area contributed by atoms with Crippen LogP contribution in [-0.4, -0.2) is 16.1 Å². The number of anilines is 2. The summed E-state index contributed by atoms with van der Waals surface area (Å²) in [6.07, 6.45) is 0. The summed E-state index contributed by atoms with van der Waals surface area (Å²) in [4.78, 5) is 25.4. The van der Waals surface area contributed by atoms with Gasteiger partial charge in [-0.1, -0.05) is 29.3 Å². The first kappa shape index (κ1) is 24.7. The number of nitrogens with one attached hydrogen (secondary N) is 2. The van der Waals surface area contributed by atoms with E-state index in [1.54, 1.807) is 0 Å². The Kier molecular flexibility index (Phi) is 6.75. The van der Waals surface area contributed by atoms with Crippen molar-refractivity contribution in [1.82, 2.24) is 0 Å². The molecule has 34 heavy (non-hydrogen) atoms. The second-order valence-corrected chi connectivity index (χ2v) is 9.82. The molecule has 2 atom stereocenters. The molecule has 3 aromatic carbocycles. The SMILES string of the molecule is O=C(Nc1ccc(F)cc1F)c1cc(NC(=O)C2C(c3ccc(Cl)c(F)c3)C2(Cl)Cl)ccc1Cl. The monoisotopic (exact) mass is 546 g/mol. The standard InChI is InChI=1S/C23H13Cl4F3N2O2/c24-14-5-3-12(9-13(14)21(33)32-18-6-2-11(28)8-17(18)30)31-22(34)20-19(23(20,26)27)10-1-4-15(25)16(29)7-10/h1-9,19-20H,(H,31,34)(H,32,33). The molecule has 0 bridgehead atoms. The van der Waals surface area contributed by atoms with Crippen molar-refractivity contribution < 1.29 is 22.8 Å². The van der Waals surface area contributed by atoms with Gasteiger partial charge in [0.25, 0.3) is 5.91 Å². The van der Waals surface area contributed by atoms with E-state index in [1.165, 1.54) is 36.4 Å². The molecule has 1 aliphatic carbocycles. The minimum absolute atomic E-state index is 0.0305. The molecule has 2 N–H and O–H groups in total. The highest BCUT2D eigenvalue weighted by Crippen LogP contribution is 2.65. The van der Waals surface area contributed by atoms with Crippen LogP contribution in [0.25, 0.3) is 0 Å². The molecule has 0 aromatic heterocycles. The Morgan fingerprint density at radius 2 is 1.53 bits per heavy atom. The largest absolute Gasteiger partial charge is 0.326 e. The number of rotatable bonds is 5. The van der Waals surface area contributed by atoms with Gasteiger partial charge in [0.2, 0.25) is 5.91 Å². The highest BCUT2D eigenvalue weighted by atomic mass is 35.5. The molecule has 1 saturated carbocycles. The van der Waals surface area contributed by atoms with Crippen molar-refractivity contribution in [3.63, 3.8) is 0 Å². The molecule has 0 spiro atoms. The molecule has 1 fully saturated rings. The quantitative estimate of drug-likeness (QED) is 0.332. The zero-order valence-corrected chi connectivity index (χ0v) is 19.8. The number of carbonyl (C=O) groups is 2. The first-order valence-corrected chi connectivity index (χ1v) is 11.2. The van der Waals surface area contributed by atoms with Gasteiger partial charge in [-0.3, -0.25) is 9.59 Å². The van der Waals surface area contributed by atoms with E-state index < -0.39 is 45.4 Å². The molecule has 2 unspecified atom stereocenters. The van der Waals surface area contributed by atoms with Crippen LogP contribution in [-0.2, 0) is 4.79 Å². The molecule has 0 aliphatic heterocycles. The molecule has 1 aliphatic rings. The summed E-state index contributed by atoms with van der Waals surface area (Å²) in [5, 5.41) is 4.85. The third-order valence-corrected chi connectivity index (χ3v) is 6.87. The van der Waals surface area contributed by atoms with Crippen molar-refractivity contribution >= 4 is 69.6 Å². The Bertz CT molecular complexity index is 1320. The summed E-state index contributed by atoms with van der Waals surface area (Å²) in [7, 11) is 0. The lowest BCUT2D eigenvalue weighted by Crippen LogP contribution is -2.18. The Labute approximate surface area is 211 Å². The first-order chi connectivity index (χ1) is 16.0.